The fourth-order valence-electron chi connectivity index (χ4n) is 1.54. The molecule has 2 aromatic rings. The topological polar surface area (TPSA) is 70.7 Å². The van der Waals surface area contributed by atoms with Crippen molar-refractivity contribution in [2.24, 2.45) is 0 Å². The van der Waals surface area contributed by atoms with Gasteiger partial charge in [-0.15, -0.1) is 0 Å². The number of carbonyl (C=O) groups is 1. The number of H-pyrrole nitrogens is 1. The maximum Gasteiger partial charge on any atom is 0.217 e. The van der Waals surface area contributed by atoms with Gasteiger partial charge in [0.1, 0.15) is 5.15 Å². The molecule has 0 radical (unpaired) electrons. The molecule has 0 aliphatic rings. The van der Waals surface area contributed by atoms with Crippen molar-refractivity contribution in [2.45, 2.75) is 48.1 Å². The van der Waals surface area contributed by atoms with Gasteiger partial charge in [-0.3, -0.25) is 9.89 Å². The predicted octanol–water partition coefficient (Wildman–Crippen LogP) is 3.61. The fourth-order valence-corrected chi connectivity index (χ4v) is 1.83. The lowest BCUT2D eigenvalue weighted by Crippen LogP contribution is -2.19. The van der Waals surface area contributed by atoms with Crippen LogP contribution in [0, 0.1) is 6.92 Å². The number of nitrogens with one attached hydrogen (secondary N) is 2. The first-order valence-electron chi connectivity index (χ1n) is 6.82. The number of aromatic nitrogens is 3. The van der Waals surface area contributed by atoms with Gasteiger partial charge in [0, 0.05) is 24.4 Å². The Morgan fingerprint density at radius 1 is 1.35 bits per heavy atom. The zero-order chi connectivity index (χ0) is 15.7. The smallest absolute Gasteiger partial charge is 0.217 e. The number of fused-ring (bicyclic) bond motifs is 1. The van der Waals surface area contributed by atoms with Crippen LogP contribution in [0.2, 0.25) is 5.15 Å². The van der Waals surface area contributed by atoms with Crippen molar-refractivity contribution < 1.29 is 4.79 Å². The van der Waals surface area contributed by atoms with Crippen molar-refractivity contribution in [3.05, 3.63) is 22.6 Å². The third-order valence-electron chi connectivity index (χ3n) is 2.36. The molecule has 2 heterocycles. The first-order valence-corrected chi connectivity index (χ1v) is 7.20. The standard InChI is InChI=1S/C10H11ClN4O.2C2H6/c1-5-7-4-13-15-9(7)8(10(11)14-5)3-12-6(2)16;2*1-2/h4H,3H2,1-2H3,(H,12,16)(H,13,15);2*1-2H3. The molecule has 0 aliphatic heterocycles. The van der Waals surface area contributed by atoms with Gasteiger partial charge in [-0.25, -0.2) is 4.98 Å². The predicted molar refractivity (Wildman–Crippen MR) is 83.9 cm³/mol. The largest absolute Gasteiger partial charge is 0.352 e. The van der Waals surface area contributed by atoms with E-state index in [0.29, 0.717) is 11.7 Å². The molecule has 0 unspecified atom stereocenters. The summed E-state index contributed by atoms with van der Waals surface area (Å²) in [4.78, 5) is 15.1. The monoisotopic (exact) mass is 298 g/mol. The van der Waals surface area contributed by atoms with Crippen molar-refractivity contribution in [1.29, 1.82) is 0 Å². The minimum absolute atomic E-state index is 0.107. The number of pyridine rings is 1. The summed E-state index contributed by atoms with van der Waals surface area (Å²) in [5, 5.41) is 10.8. The Morgan fingerprint density at radius 3 is 2.50 bits per heavy atom. The number of halogens is 1. The highest BCUT2D eigenvalue weighted by Gasteiger charge is 2.12. The second-order valence-electron chi connectivity index (χ2n) is 3.53. The van der Waals surface area contributed by atoms with Gasteiger partial charge < -0.3 is 5.32 Å². The molecule has 0 fully saturated rings. The number of amides is 1. The quantitative estimate of drug-likeness (QED) is 0.832. The van der Waals surface area contributed by atoms with E-state index < -0.39 is 0 Å². The van der Waals surface area contributed by atoms with Crippen LogP contribution in [0.15, 0.2) is 6.20 Å². The Labute approximate surface area is 125 Å². The fraction of sp³-hybridized carbons (Fsp3) is 0.500. The van der Waals surface area contributed by atoms with Crippen LogP contribution in [0.3, 0.4) is 0 Å². The Kier molecular flexibility index (Phi) is 8.56. The van der Waals surface area contributed by atoms with E-state index in [1.807, 2.05) is 34.6 Å². The van der Waals surface area contributed by atoms with Crippen LogP contribution in [0.4, 0.5) is 0 Å². The Hall–Kier alpha value is -1.62. The lowest BCUT2D eigenvalue weighted by molar-refractivity contribution is -0.119. The Morgan fingerprint density at radius 2 is 1.95 bits per heavy atom. The summed E-state index contributed by atoms with van der Waals surface area (Å²) in [7, 11) is 0. The molecule has 0 saturated heterocycles. The minimum Gasteiger partial charge on any atom is -0.352 e. The second kappa shape index (κ2) is 9.31. The zero-order valence-electron chi connectivity index (χ0n) is 13.0. The number of hydrogen-bond acceptors (Lipinski definition) is 3. The summed E-state index contributed by atoms with van der Waals surface area (Å²) >= 11 is 6.04. The Balaban J connectivity index is 0.000000829. The average Bonchev–Trinajstić information content (AvgIpc) is 2.92. The molecule has 0 aliphatic carbocycles. The van der Waals surface area contributed by atoms with Crippen LogP contribution in [0.5, 0.6) is 0 Å². The summed E-state index contributed by atoms with van der Waals surface area (Å²) in [6.45, 7) is 11.7. The van der Waals surface area contributed by atoms with E-state index in [1.165, 1.54) is 6.92 Å². The van der Waals surface area contributed by atoms with Gasteiger partial charge in [0.2, 0.25) is 5.91 Å². The first kappa shape index (κ1) is 18.4. The van der Waals surface area contributed by atoms with Crippen LogP contribution in [0.1, 0.15) is 45.9 Å². The summed E-state index contributed by atoms with van der Waals surface area (Å²) in [5.74, 6) is -0.107. The van der Waals surface area contributed by atoms with Crippen LogP contribution in [-0.2, 0) is 11.3 Å². The van der Waals surface area contributed by atoms with E-state index in [-0.39, 0.29) is 5.91 Å². The van der Waals surface area contributed by atoms with Gasteiger partial charge in [0.15, 0.2) is 0 Å². The highest BCUT2D eigenvalue weighted by Crippen LogP contribution is 2.24. The van der Waals surface area contributed by atoms with Crippen molar-refractivity contribution >= 4 is 28.4 Å². The lowest BCUT2D eigenvalue weighted by Gasteiger charge is -2.07. The normalized spacial score (nSPS) is 9.15. The average molecular weight is 299 g/mol. The van der Waals surface area contributed by atoms with Gasteiger partial charge >= 0.3 is 0 Å². The SMILES string of the molecule is CC.CC.CC(=O)NCc1c(Cl)nc(C)c2cn[nH]c12. The molecular formula is C14H23ClN4O. The summed E-state index contributed by atoms with van der Waals surface area (Å²) in [6.07, 6.45) is 1.70. The zero-order valence-corrected chi connectivity index (χ0v) is 13.7. The molecule has 2 aromatic heterocycles. The van der Waals surface area contributed by atoms with Gasteiger partial charge in [-0.05, 0) is 6.92 Å². The molecule has 20 heavy (non-hydrogen) atoms. The van der Waals surface area contributed by atoms with E-state index >= 15 is 0 Å². The minimum atomic E-state index is -0.107. The molecule has 0 atom stereocenters. The van der Waals surface area contributed by atoms with Crippen LogP contribution >= 0.6 is 11.6 Å². The molecule has 0 bridgehead atoms. The molecule has 6 heteroatoms. The number of rotatable bonds is 2. The van der Waals surface area contributed by atoms with Crippen molar-refractivity contribution in [3.8, 4) is 0 Å². The molecule has 2 N–H and O–H groups in total. The molecule has 0 aromatic carbocycles. The molecule has 112 valence electrons. The highest BCUT2D eigenvalue weighted by atomic mass is 35.5. The van der Waals surface area contributed by atoms with E-state index in [1.54, 1.807) is 6.20 Å². The third kappa shape index (κ3) is 4.49. The van der Waals surface area contributed by atoms with E-state index in [9.17, 15) is 4.79 Å². The lowest BCUT2D eigenvalue weighted by atomic mass is 10.1. The molecule has 5 nitrogen and oxygen atoms in total. The van der Waals surface area contributed by atoms with Gasteiger partial charge in [-0.1, -0.05) is 39.3 Å². The van der Waals surface area contributed by atoms with E-state index in [4.69, 9.17) is 11.6 Å². The number of aromatic amines is 1. The number of carbonyl (C=O) groups excluding carboxylic acids is 1. The molecule has 1 amide bonds. The number of aryl methyl sites for hydroxylation is 1. The van der Waals surface area contributed by atoms with Crippen LogP contribution < -0.4 is 5.32 Å². The number of nitrogens with zero attached hydrogens (tertiary/aromatic N) is 2. The first-order chi connectivity index (χ1) is 9.59. The van der Waals surface area contributed by atoms with Gasteiger partial charge in [0.05, 0.1) is 17.4 Å². The molecule has 0 spiro atoms. The van der Waals surface area contributed by atoms with Gasteiger partial charge in [-0.2, -0.15) is 5.10 Å². The molecule has 0 saturated carbocycles. The Bertz CT molecular complexity index is 551. The van der Waals surface area contributed by atoms with E-state index in [0.717, 1.165) is 22.2 Å². The van der Waals surface area contributed by atoms with Crippen molar-refractivity contribution in [3.63, 3.8) is 0 Å². The third-order valence-corrected chi connectivity index (χ3v) is 2.67. The van der Waals surface area contributed by atoms with E-state index in [2.05, 4.69) is 20.5 Å². The summed E-state index contributed by atoms with van der Waals surface area (Å²) < 4.78 is 0. The van der Waals surface area contributed by atoms with Gasteiger partial charge in [0.25, 0.3) is 0 Å². The summed E-state index contributed by atoms with van der Waals surface area (Å²) in [6, 6.07) is 0. The highest BCUT2D eigenvalue weighted by molar-refractivity contribution is 6.31. The van der Waals surface area contributed by atoms with Crippen LogP contribution in [-0.4, -0.2) is 21.1 Å². The maximum atomic E-state index is 10.9. The molecular weight excluding hydrogens is 276 g/mol. The van der Waals surface area contributed by atoms with Crippen LogP contribution in [0.25, 0.3) is 10.9 Å². The second-order valence-corrected chi connectivity index (χ2v) is 3.89. The summed E-state index contributed by atoms with van der Waals surface area (Å²) in [5.41, 5.74) is 2.40. The maximum absolute atomic E-state index is 10.9. The number of hydrogen-bond donors (Lipinski definition) is 2. The van der Waals surface area contributed by atoms with Crippen molar-refractivity contribution in [1.82, 2.24) is 20.5 Å². The molecule has 2 rings (SSSR count). The van der Waals surface area contributed by atoms with Crippen molar-refractivity contribution in [2.75, 3.05) is 0 Å².